The minimum absolute atomic E-state index is 0.399. The van der Waals surface area contributed by atoms with E-state index in [0.717, 1.165) is 21.7 Å². The van der Waals surface area contributed by atoms with Crippen LogP contribution in [0.5, 0.6) is 0 Å². The van der Waals surface area contributed by atoms with Crippen molar-refractivity contribution in [2.45, 2.75) is 13.5 Å². The molecule has 0 radical (unpaired) electrons. The molecule has 3 heterocycles. The quantitative estimate of drug-likeness (QED) is 0.454. The Morgan fingerprint density at radius 2 is 2.35 bits per heavy atom. The van der Waals surface area contributed by atoms with E-state index in [9.17, 15) is 5.21 Å². The first-order valence-electron chi connectivity index (χ1n) is 6.06. The van der Waals surface area contributed by atoms with Crippen LogP contribution < -0.4 is 10.0 Å². The van der Waals surface area contributed by atoms with Crippen LogP contribution in [0, 0.1) is 12.1 Å². The van der Waals surface area contributed by atoms with Gasteiger partial charge in [0.15, 0.2) is 18.0 Å². The van der Waals surface area contributed by atoms with Gasteiger partial charge in [0, 0.05) is 29.8 Å². The molecule has 0 bridgehead atoms. The number of hydrogen-bond donors (Lipinski definition) is 1. The van der Waals surface area contributed by atoms with E-state index in [1.807, 2.05) is 13.0 Å². The molecule has 3 aromatic rings. The van der Waals surface area contributed by atoms with Crippen molar-refractivity contribution in [1.82, 2.24) is 14.6 Å². The Labute approximate surface area is 120 Å². The Balaban J connectivity index is 1.91. The van der Waals surface area contributed by atoms with Crippen molar-refractivity contribution in [3.05, 3.63) is 58.3 Å². The standard InChI is InChI=1S/C13H12ClN5O/c1-9-6-16-19-12(5-11(14)17-13(9)19)15-7-10-3-2-4-18(20)8-10/h2-6,8,15H,7H2,1H3. The molecule has 0 spiro atoms. The van der Waals surface area contributed by atoms with E-state index in [0.29, 0.717) is 17.3 Å². The van der Waals surface area contributed by atoms with E-state index in [4.69, 9.17) is 11.6 Å². The first-order chi connectivity index (χ1) is 9.63. The summed E-state index contributed by atoms with van der Waals surface area (Å²) in [4.78, 5) is 4.24. The van der Waals surface area contributed by atoms with E-state index in [1.165, 1.54) is 12.4 Å². The highest BCUT2D eigenvalue weighted by atomic mass is 35.5. The molecule has 3 rings (SSSR count). The van der Waals surface area contributed by atoms with Crippen molar-refractivity contribution in [1.29, 1.82) is 0 Å². The smallest absolute Gasteiger partial charge is 0.185 e. The lowest BCUT2D eigenvalue weighted by Gasteiger charge is -2.08. The maximum Gasteiger partial charge on any atom is 0.185 e. The molecule has 0 fully saturated rings. The molecule has 0 saturated heterocycles. The molecule has 0 atom stereocenters. The summed E-state index contributed by atoms with van der Waals surface area (Å²) in [5.74, 6) is 0.731. The molecule has 0 saturated carbocycles. The second-order valence-electron chi connectivity index (χ2n) is 4.45. The molecular formula is C13H12ClN5O. The number of fused-ring (bicyclic) bond motifs is 1. The van der Waals surface area contributed by atoms with Crippen LogP contribution in [0.2, 0.25) is 5.15 Å². The summed E-state index contributed by atoms with van der Waals surface area (Å²) in [5, 5.41) is 19.1. The van der Waals surface area contributed by atoms with Gasteiger partial charge < -0.3 is 10.5 Å². The molecular weight excluding hydrogens is 278 g/mol. The van der Waals surface area contributed by atoms with Gasteiger partial charge in [-0.05, 0) is 13.0 Å². The third-order valence-corrected chi connectivity index (χ3v) is 3.12. The third kappa shape index (κ3) is 2.37. The molecule has 0 aliphatic carbocycles. The number of anilines is 1. The fourth-order valence-electron chi connectivity index (χ4n) is 1.97. The summed E-state index contributed by atoms with van der Waals surface area (Å²) >= 11 is 6.01. The predicted molar refractivity (Wildman–Crippen MR) is 75.5 cm³/mol. The van der Waals surface area contributed by atoms with Gasteiger partial charge in [0.2, 0.25) is 0 Å². The first kappa shape index (κ1) is 12.7. The van der Waals surface area contributed by atoms with Crippen LogP contribution in [0.15, 0.2) is 36.8 Å². The Morgan fingerprint density at radius 3 is 3.15 bits per heavy atom. The van der Waals surface area contributed by atoms with Crippen molar-refractivity contribution >= 4 is 23.1 Å². The summed E-state index contributed by atoms with van der Waals surface area (Å²) in [5.41, 5.74) is 2.53. The highest BCUT2D eigenvalue weighted by molar-refractivity contribution is 6.29. The fourth-order valence-corrected chi connectivity index (χ4v) is 2.15. The van der Waals surface area contributed by atoms with Gasteiger partial charge in [-0.15, -0.1) is 0 Å². The molecule has 7 heteroatoms. The Kier molecular flexibility index (Phi) is 3.15. The Morgan fingerprint density at radius 1 is 1.50 bits per heavy atom. The third-order valence-electron chi connectivity index (χ3n) is 2.93. The molecule has 0 unspecified atom stereocenters. The minimum Gasteiger partial charge on any atom is -0.619 e. The Bertz CT molecular complexity index is 771. The summed E-state index contributed by atoms with van der Waals surface area (Å²) in [6, 6.07) is 5.28. The minimum atomic E-state index is 0.399. The number of aromatic nitrogens is 4. The van der Waals surface area contributed by atoms with Crippen LogP contribution in [0.3, 0.4) is 0 Å². The van der Waals surface area contributed by atoms with Crippen molar-refractivity contribution in [2.24, 2.45) is 0 Å². The lowest BCUT2D eigenvalue weighted by atomic mass is 10.3. The molecule has 6 nitrogen and oxygen atoms in total. The lowest BCUT2D eigenvalue weighted by molar-refractivity contribution is -0.605. The van der Waals surface area contributed by atoms with Crippen molar-refractivity contribution in [2.75, 3.05) is 5.32 Å². The second kappa shape index (κ2) is 4.97. The topological polar surface area (TPSA) is 69.2 Å². The summed E-state index contributed by atoms with van der Waals surface area (Å²) in [6.45, 7) is 2.42. The zero-order chi connectivity index (χ0) is 14.1. The molecule has 0 aliphatic rings. The van der Waals surface area contributed by atoms with Crippen LogP contribution >= 0.6 is 11.6 Å². The average Bonchev–Trinajstić information content (AvgIpc) is 2.78. The second-order valence-corrected chi connectivity index (χ2v) is 4.84. The summed E-state index contributed by atoms with van der Waals surface area (Å²) in [6.07, 6.45) is 4.70. The van der Waals surface area contributed by atoms with Crippen LogP contribution in [0.25, 0.3) is 5.65 Å². The SMILES string of the molecule is Cc1cnn2c(NCc3ccc[n+]([O-])c3)cc(Cl)nc12. The summed E-state index contributed by atoms with van der Waals surface area (Å²) < 4.78 is 2.46. The van der Waals surface area contributed by atoms with Crippen LogP contribution in [0.4, 0.5) is 5.82 Å². The normalized spacial score (nSPS) is 10.9. The highest BCUT2D eigenvalue weighted by Crippen LogP contribution is 2.18. The van der Waals surface area contributed by atoms with E-state index >= 15 is 0 Å². The first-order valence-corrected chi connectivity index (χ1v) is 6.44. The molecule has 0 amide bonds. The number of pyridine rings is 1. The van der Waals surface area contributed by atoms with Gasteiger partial charge in [-0.3, -0.25) is 0 Å². The molecule has 1 N–H and O–H groups in total. The predicted octanol–water partition coefficient (Wildman–Crippen LogP) is 1.94. The average molecular weight is 290 g/mol. The zero-order valence-corrected chi connectivity index (χ0v) is 11.5. The molecule has 3 aromatic heterocycles. The number of halogens is 1. The number of nitrogens with zero attached hydrogens (tertiary/aromatic N) is 4. The van der Waals surface area contributed by atoms with Crippen LogP contribution in [-0.2, 0) is 6.54 Å². The van der Waals surface area contributed by atoms with Crippen molar-refractivity contribution in [3.63, 3.8) is 0 Å². The molecule has 0 aromatic carbocycles. The zero-order valence-electron chi connectivity index (χ0n) is 10.7. The summed E-state index contributed by atoms with van der Waals surface area (Å²) in [7, 11) is 0. The number of hydrogen-bond acceptors (Lipinski definition) is 4. The van der Waals surface area contributed by atoms with Crippen LogP contribution in [0.1, 0.15) is 11.1 Å². The largest absolute Gasteiger partial charge is 0.619 e. The van der Waals surface area contributed by atoms with Gasteiger partial charge >= 0.3 is 0 Å². The Hall–Kier alpha value is -2.34. The maximum atomic E-state index is 11.2. The number of rotatable bonds is 3. The van der Waals surface area contributed by atoms with E-state index in [2.05, 4.69) is 15.4 Å². The van der Waals surface area contributed by atoms with E-state index in [-0.39, 0.29) is 0 Å². The number of aryl methyl sites for hydroxylation is 1. The van der Waals surface area contributed by atoms with E-state index in [1.54, 1.807) is 22.8 Å². The van der Waals surface area contributed by atoms with Crippen LogP contribution in [-0.4, -0.2) is 14.6 Å². The number of nitrogens with one attached hydrogen (secondary N) is 1. The van der Waals surface area contributed by atoms with Gasteiger partial charge in [0.25, 0.3) is 0 Å². The molecule has 102 valence electrons. The lowest BCUT2D eigenvalue weighted by Crippen LogP contribution is -2.25. The van der Waals surface area contributed by atoms with E-state index < -0.39 is 0 Å². The monoisotopic (exact) mass is 289 g/mol. The maximum absolute atomic E-state index is 11.2. The van der Waals surface area contributed by atoms with Gasteiger partial charge in [-0.1, -0.05) is 11.6 Å². The van der Waals surface area contributed by atoms with Crippen molar-refractivity contribution in [3.8, 4) is 0 Å². The molecule has 20 heavy (non-hydrogen) atoms. The fraction of sp³-hybridized carbons (Fsp3) is 0.154. The van der Waals surface area contributed by atoms with Gasteiger partial charge in [-0.2, -0.15) is 14.3 Å². The van der Waals surface area contributed by atoms with Crippen molar-refractivity contribution < 1.29 is 4.73 Å². The van der Waals surface area contributed by atoms with Gasteiger partial charge in [-0.25, -0.2) is 4.98 Å². The highest BCUT2D eigenvalue weighted by Gasteiger charge is 2.08. The van der Waals surface area contributed by atoms with Gasteiger partial charge in [0.1, 0.15) is 11.0 Å². The van der Waals surface area contributed by atoms with Gasteiger partial charge in [0.05, 0.1) is 6.20 Å². The molecule has 0 aliphatic heterocycles.